The summed E-state index contributed by atoms with van der Waals surface area (Å²) >= 11 is 3.19. The molecule has 0 unspecified atom stereocenters. The van der Waals surface area contributed by atoms with Crippen molar-refractivity contribution in [2.24, 2.45) is 5.73 Å². The zero-order valence-corrected chi connectivity index (χ0v) is 12.5. The van der Waals surface area contributed by atoms with E-state index in [1.54, 1.807) is 11.0 Å². The van der Waals surface area contributed by atoms with Crippen LogP contribution in [0.5, 0.6) is 0 Å². The molecule has 0 radical (unpaired) electrons. The molecule has 0 bridgehead atoms. The first-order valence-electron chi connectivity index (χ1n) is 6.52. The summed E-state index contributed by atoms with van der Waals surface area (Å²) in [6, 6.07) is 4.43. The van der Waals surface area contributed by atoms with E-state index in [9.17, 15) is 9.18 Å². The number of hydrogen-bond acceptors (Lipinski definition) is 2. The molecule has 2 N–H and O–H groups in total. The van der Waals surface area contributed by atoms with Crippen molar-refractivity contribution in [3.8, 4) is 0 Å². The van der Waals surface area contributed by atoms with Crippen LogP contribution in [-0.4, -0.2) is 29.4 Å². The van der Waals surface area contributed by atoms with Crippen LogP contribution in [0.3, 0.4) is 0 Å². The second kappa shape index (κ2) is 6.01. The van der Waals surface area contributed by atoms with E-state index in [0.29, 0.717) is 11.0 Å². The molecular weight excluding hydrogens is 311 g/mol. The third-order valence-electron chi connectivity index (χ3n) is 3.58. The average Bonchev–Trinajstić information content (AvgIpc) is 2.38. The molecule has 2 atom stereocenters. The summed E-state index contributed by atoms with van der Waals surface area (Å²) in [6.45, 7) is 2.55. The van der Waals surface area contributed by atoms with Gasteiger partial charge in [-0.25, -0.2) is 4.39 Å². The Morgan fingerprint density at radius 2 is 2.26 bits per heavy atom. The van der Waals surface area contributed by atoms with Crippen LogP contribution in [-0.2, 0) is 0 Å². The number of rotatable bonds is 2. The number of likely N-dealkylation sites (tertiary alicyclic amines) is 1. The largest absolute Gasteiger partial charge is 0.334 e. The molecule has 1 saturated heterocycles. The van der Waals surface area contributed by atoms with Crippen LogP contribution in [0.1, 0.15) is 36.5 Å². The number of hydrogen-bond donors (Lipinski definition) is 1. The third kappa shape index (κ3) is 3.15. The Balaban J connectivity index is 2.26. The zero-order valence-electron chi connectivity index (χ0n) is 10.9. The molecule has 1 aliphatic rings. The molecule has 19 heavy (non-hydrogen) atoms. The van der Waals surface area contributed by atoms with E-state index in [0.717, 1.165) is 19.3 Å². The molecule has 1 aromatic carbocycles. The Bertz CT molecular complexity index is 479. The lowest BCUT2D eigenvalue weighted by Crippen LogP contribution is -2.51. The number of carbonyl (C=O) groups is 1. The highest BCUT2D eigenvalue weighted by Gasteiger charge is 2.30. The lowest BCUT2D eigenvalue weighted by Gasteiger charge is -2.38. The van der Waals surface area contributed by atoms with Gasteiger partial charge in [-0.2, -0.15) is 0 Å². The van der Waals surface area contributed by atoms with E-state index >= 15 is 0 Å². The molecule has 1 amide bonds. The van der Waals surface area contributed by atoms with Gasteiger partial charge in [-0.05, 0) is 44.4 Å². The Hall–Kier alpha value is -0.940. The predicted molar refractivity (Wildman–Crippen MR) is 76.4 cm³/mol. The molecule has 3 nitrogen and oxygen atoms in total. The molecule has 0 aromatic heterocycles. The molecule has 1 aliphatic heterocycles. The fourth-order valence-electron chi connectivity index (χ4n) is 2.57. The summed E-state index contributed by atoms with van der Waals surface area (Å²) in [7, 11) is 0. The minimum Gasteiger partial charge on any atom is -0.334 e. The summed E-state index contributed by atoms with van der Waals surface area (Å²) < 4.78 is 14.5. The molecule has 1 fully saturated rings. The van der Waals surface area contributed by atoms with Crippen molar-refractivity contribution in [1.29, 1.82) is 0 Å². The van der Waals surface area contributed by atoms with Gasteiger partial charge in [-0.3, -0.25) is 4.79 Å². The molecule has 1 aromatic rings. The summed E-state index contributed by atoms with van der Waals surface area (Å²) in [5.74, 6) is -0.750. The molecule has 5 heteroatoms. The van der Waals surface area contributed by atoms with Crippen LogP contribution in [0.15, 0.2) is 22.7 Å². The van der Waals surface area contributed by atoms with E-state index in [-0.39, 0.29) is 23.6 Å². The quantitative estimate of drug-likeness (QED) is 0.907. The molecule has 104 valence electrons. The molecular formula is C14H18BrFN2O. The first-order chi connectivity index (χ1) is 9.00. The van der Waals surface area contributed by atoms with Crippen molar-refractivity contribution >= 4 is 21.8 Å². The van der Waals surface area contributed by atoms with Crippen LogP contribution < -0.4 is 5.73 Å². The fraction of sp³-hybridized carbons (Fsp3) is 0.500. The normalized spacial score (nSPS) is 21.3. The molecule has 0 aliphatic carbocycles. The summed E-state index contributed by atoms with van der Waals surface area (Å²) in [5.41, 5.74) is 6.06. The van der Waals surface area contributed by atoms with E-state index in [4.69, 9.17) is 5.73 Å². The number of nitrogens with two attached hydrogens (primary N) is 1. The lowest BCUT2D eigenvalue weighted by molar-refractivity contribution is 0.0579. The van der Waals surface area contributed by atoms with Gasteiger partial charge in [0.1, 0.15) is 5.82 Å². The summed E-state index contributed by atoms with van der Waals surface area (Å²) in [5, 5.41) is 0. The number of halogens is 2. The van der Waals surface area contributed by atoms with Gasteiger partial charge in [-0.1, -0.05) is 15.9 Å². The zero-order chi connectivity index (χ0) is 14.0. The maximum atomic E-state index is 13.9. The topological polar surface area (TPSA) is 46.3 Å². The Morgan fingerprint density at radius 1 is 1.53 bits per heavy atom. The second-order valence-corrected chi connectivity index (χ2v) is 5.96. The van der Waals surface area contributed by atoms with Gasteiger partial charge in [0.2, 0.25) is 0 Å². The van der Waals surface area contributed by atoms with Crippen LogP contribution >= 0.6 is 15.9 Å². The van der Waals surface area contributed by atoms with E-state index in [1.807, 2.05) is 6.92 Å². The SMILES string of the molecule is C[C@@H](N)[C@H]1CCCCN1C(=O)c1ccc(Br)cc1F. The van der Waals surface area contributed by atoms with Crippen molar-refractivity contribution in [3.05, 3.63) is 34.1 Å². The Labute approximate surface area is 121 Å². The first kappa shape index (κ1) is 14.5. The highest BCUT2D eigenvalue weighted by Crippen LogP contribution is 2.23. The van der Waals surface area contributed by atoms with Crippen molar-refractivity contribution in [1.82, 2.24) is 4.90 Å². The first-order valence-corrected chi connectivity index (χ1v) is 7.31. The van der Waals surface area contributed by atoms with Crippen molar-refractivity contribution in [2.75, 3.05) is 6.54 Å². The van der Waals surface area contributed by atoms with Crippen molar-refractivity contribution < 1.29 is 9.18 Å². The van der Waals surface area contributed by atoms with Crippen molar-refractivity contribution in [3.63, 3.8) is 0 Å². The van der Waals surface area contributed by atoms with Gasteiger partial charge in [-0.15, -0.1) is 0 Å². The van der Waals surface area contributed by atoms with Gasteiger partial charge in [0, 0.05) is 23.1 Å². The van der Waals surface area contributed by atoms with Gasteiger partial charge >= 0.3 is 0 Å². The van der Waals surface area contributed by atoms with Crippen LogP contribution in [0.2, 0.25) is 0 Å². The smallest absolute Gasteiger partial charge is 0.257 e. The van der Waals surface area contributed by atoms with Crippen LogP contribution in [0, 0.1) is 5.82 Å². The fourth-order valence-corrected chi connectivity index (χ4v) is 2.91. The highest BCUT2D eigenvalue weighted by atomic mass is 79.9. The monoisotopic (exact) mass is 328 g/mol. The third-order valence-corrected chi connectivity index (χ3v) is 4.07. The van der Waals surface area contributed by atoms with E-state index in [2.05, 4.69) is 15.9 Å². The Morgan fingerprint density at radius 3 is 2.89 bits per heavy atom. The number of piperidine rings is 1. The maximum Gasteiger partial charge on any atom is 0.257 e. The predicted octanol–water partition coefficient (Wildman–Crippen LogP) is 2.93. The van der Waals surface area contributed by atoms with Gasteiger partial charge in [0.15, 0.2) is 0 Å². The minimum absolute atomic E-state index is 0.00398. The number of nitrogens with zero attached hydrogens (tertiary/aromatic N) is 1. The minimum atomic E-state index is -0.492. The Kier molecular flexibility index (Phi) is 4.58. The standard InChI is InChI=1S/C14H18BrFN2O/c1-9(17)13-4-2-3-7-18(13)14(19)11-6-5-10(15)8-12(11)16/h5-6,8-9,13H,2-4,7,17H2,1H3/t9-,13-/m1/s1. The number of carbonyl (C=O) groups excluding carboxylic acids is 1. The van der Waals surface area contributed by atoms with Crippen molar-refractivity contribution in [2.45, 2.75) is 38.3 Å². The molecule has 0 saturated carbocycles. The summed E-state index contributed by atoms with van der Waals surface area (Å²) in [6.07, 6.45) is 2.91. The number of benzene rings is 1. The number of amides is 1. The molecule has 2 rings (SSSR count). The molecule has 1 heterocycles. The average molecular weight is 329 g/mol. The van der Waals surface area contributed by atoms with Crippen LogP contribution in [0.4, 0.5) is 4.39 Å². The highest BCUT2D eigenvalue weighted by molar-refractivity contribution is 9.10. The second-order valence-electron chi connectivity index (χ2n) is 5.04. The molecule has 0 spiro atoms. The van der Waals surface area contributed by atoms with Gasteiger partial charge < -0.3 is 10.6 Å². The maximum absolute atomic E-state index is 13.9. The summed E-state index contributed by atoms with van der Waals surface area (Å²) in [4.78, 5) is 14.2. The van der Waals surface area contributed by atoms with Gasteiger partial charge in [0.25, 0.3) is 5.91 Å². The van der Waals surface area contributed by atoms with Gasteiger partial charge in [0.05, 0.1) is 5.56 Å². The van der Waals surface area contributed by atoms with E-state index in [1.165, 1.54) is 12.1 Å². The van der Waals surface area contributed by atoms with Crippen LogP contribution in [0.25, 0.3) is 0 Å². The lowest BCUT2D eigenvalue weighted by atomic mass is 9.96. The van der Waals surface area contributed by atoms with E-state index < -0.39 is 5.82 Å².